The van der Waals surface area contributed by atoms with E-state index in [2.05, 4.69) is 15.8 Å². The Bertz CT molecular complexity index is 678. The van der Waals surface area contributed by atoms with Gasteiger partial charge >= 0.3 is 0 Å². The van der Waals surface area contributed by atoms with Crippen LogP contribution in [-0.4, -0.2) is 18.0 Å². The predicted octanol–water partition coefficient (Wildman–Crippen LogP) is 3.17. The van der Waals surface area contributed by atoms with Crippen LogP contribution in [-0.2, 0) is 4.79 Å². The molecule has 0 radical (unpaired) electrons. The molecule has 0 aliphatic heterocycles. The summed E-state index contributed by atoms with van der Waals surface area (Å²) in [5.41, 5.74) is 3.41. The maximum absolute atomic E-state index is 12.0. The molecule has 23 heavy (non-hydrogen) atoms. The van der Waals surface area contributed by atoms with Gasteiger partial charge in [0, 0.05) is 17.7 Å². The molecular weight excluding hydrogens is 294 g/mol. The lowest BCUT2D eigenvalue weighted by molar-refractivity contribution is -0.116. The Morgan fingerprint density at radius 1 is 1.26 bits per heavy atom. The number of nitrogens with zero attached hydrogens (tertiary/aromatic N) is 1. The minimum atomic E-state index is -0.363. The van der Waals surface area contributed by atoms with Crippen molar-refractivity contribution >= 4 is 23.7 Å². The number of nitrogens with one attached hydrogen (secondary N) is 2. The van der Waals surface area contributed by atoms with Crippen LogP contribution in [0.25, 0.3) is 0 Å². The highest BCUT2D eigenvalue weighted by atomic mass is 16.3. The maximum Gasteiger partial charge on any atom is 0.271 e. The molecule has 0 saturated heterocycles. The quantitative estimate of drug-likeness (QED) is 0.608. The number of hydrogen-bond acceptors (Lipinski definition) is 4. The molecule has 2 amide bonds. The Kier molecular flexibility index (Phi) is 6.11. The molecular formula is C17H19N3O3. The molecule has 2 aromatic rings. The summed E-state index contributed by atoms with van der Waals surface area (Å²) < 4.78 is 5.07. The first-order chi connectivity index (χ1) is 11.2. The number of rotatable bonds is 7. The van der Waals surface area contributed by atoms with E-state index in [4.69, 9.17) is 4.42 Å². The summed E-state index contributed by atoms with van der Waals surface area (Å²) in [7, 11) is 0. The highest BCUT2D eigenvalue weighted by Crippen LogP contribution is 2.11. The van der Waals surface area contributed by atoms with Crippen LogP contribution in [0.5, 0.6) is 0 Å². The van der Waals surface area contributed by atoms with Crippen molar-refractivity contribution in [1.29, 1.82) is 0 Å². The van der Waals surface area contributed by atoms with Gasteiger partial charge in [0.2, 0.25) is 5.91 Å². The number of carbonyl (C=O) groups excluding carboxylic acids is 2. The number of hydrazone groups is 1. The third-order valence-electron chi connectivity index (χ3n) is 3.07. The Balaban J connectivity index is 1.93. The van der Waals surface area contributed by atoms with Crippen molar-refractivity contribution in [3.63, 3.8) is 0 Å². The van der Waals surface area contributed by atoms with Crippen molar-refractivity contribution in [3.05, 3.63) is 54.0 Å². The molecule has 120 valence electrons. The zero-order valence-electron chi connectivity index (χ0n) is 12.9. The molecule has 0 saturated carbocycles. The first kappa shape index (κ1) is 16.5. The second kappa shape index (κ2) is 8.53. The van der Waals surface area contributed by atoms with Crippen LogP contribution in [0.3, 0.4) is 0 Å². The fraction of sp³-hybridized carbons (Fsp3) is 0.235. The Morgan fingerprint density at radius 2 is 2.13 bits per heavy atom. The van der Waals surface area contributed by atoms with Gasteiger partial charge in [-0.05, 0) is 36.8 Å². The number of unbranched alkanes of at least 4 members (excludes halogenated alkanes) is 1. The van der Waals surface area contributed by atoms with E-state index in [-0.39, 0.29) is 11.8 Å². The van der Waals surface area contributed by atoms with Gasteiger partial charge in [0.15, 0.2) is 0 Å². The van der Waals surface area contributed by atoms with Crippen molar-refractivity contribution in [2.45, 2.75) is 26.2 Å². The fourth-order valence-corrected chi connectivity index (χ4v) is 1.88. The number of furan rings is 1. The van der Waals surface area contributed by atoms with Crippen LogP contribution in [0, 0.1) is 0 Å². The summed E-state index contributed by atoms with van der Waals surface area (Å²) in [6, 6.07) is 10.2. The van der Waals surface area contributed by atoms with Crippen molar-refractivity contribution in [1.82, 2.24) is 5.43 Å². The first-order valence-corrected chi connectivity index (χ1v) is 7.46. The molecule has 6 heteroatoms. The van der Waals surface area contributed by atoms with Crippen LogP contribution in [0.4, 0.5) is 5.69 Å². The summed E-state index contributed by atoms with van der Waals surface area (Å²) in [5, 5.41) is 6.59. The van der Waals surface area contributed by atoms with E-state index < -0.39 is 0 Å². The largest absolute Gasteiger partial charge is 0.463 e. The molecule has 6 nitrogen and oxygen atoms in total. The molecule has 0 atom stereocenters. The van der Waals surface area contributed by atoms with Crippen molar-refractivity contribution in [3.8, 4) is 0 Å². The Hall–Kier alpha value is -2.89. The second-order valence-corrected chi connectivity index (χ2v) is 4.95. The van der Waals surface area contributed by atoms with Crippen molar-refractivity contribution in [2.75, 3.05) is 5.32 Å². The van der Waals surface area contributed by atoms with E-state index >= 15 is 0 Å². The van der Waals surface area contributed by atoms with Gasteiger partial charge in [-0.1, -0.05) is 19.4 Å². The van der Waals surface area contributed by atoms with Crippen LogP contribution in [0.15, 0.2) is 52.2 Å². The number of anilines is 1. The van der Waals surface area contributed by atoms with Gasteiger partial charge in [0.1, 0.15) is 5.76 Å². The lowest BCUT2D eigenvalue weighted by Crippen LogP contribution is -2.18. The fourth-order valence-electron chi connectivity index (χ4n) is 1.88. The number of hydrogen-bond donors (Lipinski definition) is 2. The average Bonchev–Trinajstić information content (AvgIpc) is 3.06. The van der Waals surface area contributed by atoms with E-state index in [9.17, 15) is 9.59 Å². The average molecular weight is 313 g/mol. The van der Waals surface area contributed by atoms with Gasteiger partial charge in [-0.2, -0.15) is 5.10 Å². The van der Waals surface area contributed by atoms with Crippen molar-refractivity contribution in [2.24, 2.45) is 5.10 Å². The normalized spacial score (nSPS) is 10.7. The minimum absolute atomic E-state index is 0.0553. The summed E-state index contributed by atoms with van der Waals surface area (Å²) in [6.45, 7) is 2.03. The van der Waals surface area contributed by atoms with Gasteiger partial charge in [0.05, 0.1) is 12.5 Å². The van der Waals surface area contributed by atoms with E-state index in [0.29, 0.717) is 23.4 Å². The molecule has 0 aliphatic carbocycles. The minimum Gasteiger partial charge on any atom is -0.463 e. The van der Waals surface area contributed by atoms with Gasteiger partial charge in [0.25, 0.3) is 5.91 Å². The summed E-state index contributed by atoms with van der Waals surface area (Å²) >= 11 is 0. The highest BCUT2D eigenvalue weighted by molar-refractivity contribution is 5.97. The Labute approximate surface area is 134 Å². The number of amides is 2. The zero-order valence-corrected chi connectivity index (χ0v) is 12.9. The molecule has 1 heterocycles. The third kappa shape index (κ3) is 5.43. The van der Waals surface area contributed by atoms with Crippen LogP contribution < -0.4 is 10.7 Å². The smallest absolute Gasteiger partial charge is 0.271 e. The van der Waals surface area contributed by atoms with Crippen molar-refractivity contribution < 1.29 is 14.0 Å². The topological polar surface area (TPSA) is 83.7 Å². The summed E-state index contributed by atoms with van der Waals surface area (Å²) in [6.07, 6.45) is 5.21. The molecule has 2 rings (SSSR count). The highest BCUT2D eigenvalue weighted by Gasteiger charge is 2.07. The lowest BCUT2D eigenvalue weighted by atomic mass is 10.2. The van der Waals surface area contributed by atoms with Gasteiger partial charge < -0.3 is 9.73 Å². The van der Waals surface area contributed by atoms with Gasteiger partial charge in [-0.15, -0.1) is 0 Å². The van der Waals surface area contributed by atoms with Gasteiger partial charge in [-0.25, -0.2) is 5.43 Å². The zero-order chi connectivity index (χ0) is 16.5. The van der Waals surface area contributed by atoms with E-state index in [1.807, 2.05) is 6.92 Å². The van der Waals surface area contributed by atoms with E-state index in [1.165, 1.54) is 12.5 Å². The maximum atomic E-state index is 12.0. The summed E-state index contributed by atoms with van der Waals surface area (Å²) in [5.74, 6) is 0.125. The third-order valence-corrected chi connectivity index (χ3v) is 3.07. The summed E-state index contributed by atoms with van der Waals surface area (Å²) in [4.78, 5) is 23.7. The Morgan fingerprint density at radius 3 is 2.87 bits per heavy atom. The van der Waals surface area contributed by atoms with E-state index in [1.54, 1.807) is 36.4 Å². The number of benzene rings is 1. The predicted molar refractivity (Wildman–Crippen MR) is 88.4 cm³/mol. The molecule has 0 unspecified atom stereocenters. The SMILES string of the molecule is CCCCC(=O)Nc1cccc(C(=O)NN=Cc2ccco2)c1. The van der Waals surface area contributed by atoms with Crippen LogP contribution >= 0.6 is 0 Å². The van der Waals surface area contributed by atoms with Crippen LogP contribution in [0.2, 0.25) is 0 Å². The molecule has 1 aromatic heterocycles. The van der Waals surface area contributed by atoms with Crippen LogP contribution in [0.1, 0.15) is 42.3 Å². The molecule has 1 aromatic carbocycles. The molecule has 0 fully saturated rings. The molecule has 0 spiro atoms. The standard InChI is InChI=1S/C17H19N3O3/c1-2-3-9-16(21)19-14-7-4-6-13(11-14)17(22)20-18-12-15-8-5-10-23-15/h4-8,10-12H,2-3,9H2,1H3,(H,19,21)(H,20,22). The lowest BCUT2D eigenvalue weighted by Gasteiger charge is -2.06. The van der Waals surface area contributed by atoms with E-state index in [0.717, 1.165) is 12.8 Å². The monoisotopic (exact) mass is 313 g/mol. The molecule has 0 bridgehead atoms. The molecule has 2 N–H and O–H groups in total. The first-order valence-electron chi connectivity index (χ1n) is 7.46. The number of carbonyl (C=O) groups is 2. The second-order valence-electron chi connectivity index (χ2n) is 4.95. The molecule has 0 aliphatic rings. The van der Waals surface area contributed by atoms with Gasteiger partial charge in [-0.3, -0.25) is 9.59 Å².